The van der Waals surface area contributed by atoms with Gasteiger partial charge in [0.1, 0.15) is 5.82 Å². The summed E-state index contributed by atoms with van der Waals surface area (Å²) in [7, 11) is 0. The SMILES string of the molecule is CCNC(=NCC(c1ccc(F)cc1)N1CCOCC1)NC1CC1. The smallest absolute Gasteiger partial charge is 0.191 e. The van der Waals surface area contributed by atoms with Gasteiger partial charge in [0.05, 0.1) is 25.8 Å². The van der Waals surface area contributed by atoms with Crippen LogP contribution in [-0.4, -0.2) is 56.3 Å². The Labute approximate surface area is 143 Å². The fraction of sp³-hybridized carbons (Fsp3) is 0.611. The van der Waals surface area contributed by atoms with Gasteiger partial charge in [-0.3, -0.25) is 9.89 Å². The topological polar surface area (TPSA) is 48.9 Å². The van der Waals surface area contributed by atoms with Crippen molar-refractivity contribution in [3.8, 4) is 0 Å². The number of ether oxygens (including phenoxy) is 1. The van der Waals surface area contributed by atoms with Crippen LogP contribution < -0.4 is 10.6 Å². The molecule has 3 rings (SSSR count). The predicted molar refractivity (Wildman–Crippen MR) is 93.7 cm³/mol. The maximum Gasteiger partial charge on any atom is 0.191 e. The summed E-state index contributed by atoms with van der Waals surface area (Å²) in [5.41, 5.74) is 1.10. The molecule has 0 spiro atoms. The first-order valence-corrected chi connectivity index (χ1v) is 8.88. The van der Waals surface area contributed by atoms with Crippen molar-refractivity contribution in [2.75, 3.05) is 39.4 Å². The van der Waals surface area contributed by atoms with Crippen LogP contribution in [-0.2, 0) is 4.74 Å². The van der Waals surface area contributed by atoms with Crippen molar-refractivity contribution < 1.29 is 9.13 Å². The first-order valence-electron chi connectivity index (χ1n) is 8.88. The van der Waals surface area contributed by atoms with E-state index in [0.717, 1.165) is 44.4 Å². The largest absolute Gasteiger partial charge is 0.379 e. The van der Waals surface area contributed by atoms with Crippen LogP contribution in [0.5, 0.6) is 0 Å². The molecule has 6 heteroatoms. The zero-order chi connectivity index (χ0) is 16.8. The number of aliphatic imine (C=N–C) groups is 1. The number of nitrogens with one attached hydrogen (secondary N) is 2. The molecule has 0 bridgehead atoms. The van der Waals surface area contributed by atoms with Crippen LogP contribution in [0.1, 0.15) is 31.4 Å². The zero-order valence-electron chi connectivity index (χ0n) is 14.3. The lowest BCUT2D eigenvalue weighted by Gasteiger charge is -2.34. The molecule has 1 aromatic carbocycles. The first-order chi connectivity index (χ1) is 11.8. The number of rotatable bonds is 6. The van der Waals surface area contributed by atoms with E-state index in [1.807, 2.05) is 12.1 Å². The Bertz CT molecular complexity index is 538. The summed E-state index contributed by atoms with van der Waals surface area (Å²) in [6.07, 6.45) is 2.44. The summed E-state index contributed by atoms with van der Waals surface area (Å²) in [6.45, 7) is 6.80. The minimum absolute atomic E-state index is 0.143. The van der Waals surface area contributed by atoms with Crippen LogP contribution in [0, 0.1) is 5.82 Å². The maximum absolute atomic E-state index is 13.3. The third kappa shape index (κ3) is 4.92. The maximum atomic E-state index is 13.3. The van der Waals surface area contributed by atoms with Gasteiger partial charge in [0.2, 0.25) is 0 Å². The monoisotopic (exact) mass is 334 g/mol. The normalized spacial score (nSPS) is 20.7. The van der Waals surface area contributed by atoms with E-state index in [0.29, 0.717) is 12.6 Å². The van der Waals surface area contributed by atoms with Crippen LogP contribution >= 0.6 is 0 Å². The number of halogens is 1. The van der Waals surface area contributed by atoms with Crippen molar-refractivity contribution in [3.63, 3.8) is 0 Å². The van der Waals surface area contributed by atoms with Gasteiger partial charge in [-0.15, -0.1) is 0 Å². The third-order valence-corrected chi connectivity index (χ3v) is 4.43. The lowest BCUT2D eigenvalue weighted by atomic mass is 10.0. The average molecular weight is 334 g/mol. The Balaban J connectivity index is 1.73. The van der Waals surface area contributed by atoms with Crippen LogP contribution in [0.25, 0.3) is 0 Å². The number of hydrogen-bond acceptors (Lipinski definition) is 3. The van der Waals surface area contributed by atoms with Gasteiger partial charge in [-0.05, 0) is 37.5 Å². The van der Waals surface area contributed by atoms with Gasteiger partial charge in [0.15, 0.2) is 5.96 Å². The highest BCUT2D eigenvalue weighted by molar-refractivity contribution is 5.80. The fourth-order valence-electron chi connectivity index (χ4n) is 2.92. The second kappa shape index (κ2) is 8.44. The Kier molecular flexibility index (Phi) is 6.04. The highest BCUT2D eigenvalue weighted by Gasteiger charge is 2.24. The van der Waals surface area contributed by atoms with Gasteiger partial charge in [-0.2, -0.15) is 0 Å². The van der Waals surface area contributed by atoms with E-state index in [1.54, 1.807) is 0 Å². The quantitative estimate of drug-likeness (QED) is 0.616. The second-order valence-electron chi connectivity index (χ2n) is 6.35. The summed E-state index contributed by atoms with van der Waals surface area (Å²) in [5.74, 6) is 0.673. The van der Waals surface area contributed by atoms with E-state index in [-0.39, 0.29) is 11.9 Å². The molecular weight excluding hydrogens is 307 g/mol. The standard InChI is InChI=1S/C18H27FN4O/c1-2-20-18(22-16-7-8-16)21-13-17(23-9-11-24-12-10-23)14-3-5-15(19)6-4-14/h3-6,16-17H,2,7-13H2,1H3,(H2,20,21,22). The first kappa shape index (κ1) is 17.2. The Hall–Kier alpha value is -1.66. The second-order valence-corrected chi connectivity index (χ2v) is 6.35. The summed E-state index contributed by atoms with van der Waals surface area (Å²) in [5, 5.41) is 6.75. The highest BCUT2D eigenvalue weighted by atomic mass is 19.1. The third-order valence-electron chi connectivity index (χ3n) is 4.43. The molecule has 24 heavy (non-hydrogen) atoms. The van der Waals surface area contributed by atoms with E-state index in [1.165, 1.54) is 25.0 Å². The van der Waals surface area contributed by atoms with Crippen LogP contribution in [0.15, 0.2) is 29.3 Å². The van der Waals surface area contributed by atoms with Crippen molar-refractivity contribution in [3.05, 3.63) is 35.6 Å². The van der Waals surface area contributed by atoms with E-state index in [2.05, 4.69) is 22.5 Å². The number of morpholine rings is 1. The molecule has 1 atom stereocenters. The zero-order valence-corrected chi connectivity index (χ0v) is 14.3. The number of benzene rings is 1. The van der Waals surface area contributed by atoms with Crippen molar-refractivity contribution in [2.45, 2.75) is 31.8 Å². The Morgan fingerprint density at radius 3 is 2.62 bits per heavy atom. The minimum atomic E-state index is -0.202. The molecule has 1 heterocycles. The Morgan fingerprint density at radius 1 is 1.29 bits per heavy atom. The summed E-state index contributed by atoms with van der Waals surface area (Å²) in [4.78, 5) is 7.16. The average Bonchev–Trinajstić information content (AvgIpc) is 3.42. The number of hydrogen-bond donors (Lipinski definition) is 2. The number of nitrogens with zero attached hydrogens (tertiary/aromatic N) is 2. The van der Waals surface area contributed by atoms with Gasteiger partial charge in [-0.1, -0.05) is 12.1 Å². The van der Waals surface area contributed by atoms with Crippen LogP contribution in [0.3, 0.4) is 0 Å². The fourth-order valence-corrected chi connectivity index (χ4v) is 2.92. The van der Waals surface area contributed by atoms with Crippen molar-refractivity contribution >= 4 is 5.96 Å². The summed E-state index contributed by atoms with van der Waals surface area (Å²) in [6, 6.07) is 7.50. The van der Waals surface area contributed by atoms with Gasteiger partial charge in [0, 0.05) is 25.7 Å². The van der Waals surface area contributed by atoms with E-state index in [4.69, 9.17) is 9.73 Å². The molecular formula is C18H27FN4O. The van der Waals surface area contributed by atoms with E-state index in [9.17, 15) is 4.39 Å². The van der Waals surface area contributed by atoms with Crippen LogP contribution in [0.4, 0.5) is 4.39 Å². The molecule has 1 unspecified atom stereocenters. The molecule has 1 aliphatic carbocycles. The van der Waals surface area contributed by atoms with Crippen molar-refractivity contribution in [2.24, 2.45) is 4.99 Å². The van der Waals surface area contributed by atoms with Gasteiger partial charge >= 0.3 is 0 Å². The van der Waals surface area contributed by atoms with Gasteiger partial charge < -0.3 is 15.4 Å². The highest BCUT2D eigenvalue weighted by Crippen LogP contribution is 2.23. The lowest BCUT2D eigenvalue weighted by molar-refractivity contribution is 0.0179. The molecule has 132 valence electrons. The minimum Gasteiger partial charge on any atom is -0.379 e. The molecule has 2 aliphatic rings. The van der Waals surface area contributed by atoms with Gasteiger partial charge in [0.25, 0.3) is 0 Å². The molecule has 2 fully saturated rings. The van der Waals surface area contributed by atoms with Crippen LogP contribution in [0.2, 0.25) is 0 Å². The summed E-state index contributed by atoms with van der Waals surface area (Å²) >= 11 is 0. The summed E-state index contributed by atoms with van der Waals surface area (Å²) < 4.78 is 18.7. The lowest BCUT2D eigenvalue weighted by Crippen LogP contribution is -2.42. The van der Waals surface area contributed by atoms with Gasteiger partial charge in [-0.25, -0.2) is 4.39 Å². The van der Waals surface area contributed by atoms with Crippen molar-refractivity contribution in [1.82, 2.24) is 15.5 Å². The molecule has 0 amide bonds. The molecule has 0 radical (unpaired) electrons. The molecule has 1 aromatic rings. The molecule has 0 aromatic heterocycles. The predicted octanol–water partition coefficient (Wildman–Crippen LogP) is 1.92. The molecule has 5 nitrogen and oxygen atoms in total. The molecule has 1 aliphatic heterocycles. The van der Waals surface area contributed by atoms with E-state index >= 15 is 0 Å². The molecule has 2 N–H and O–H groups in total. The number of guanidine groups is 1. The van der Waals surface area contributed by atoms with E-state index < -0.39 is 0 Å². The van der Waals surface area contributed by atoms with Crippen molar-refractivity contribution in [1.29, 1.82) is 0 Å². The Morgan fingerprint density at radius 2 is 2.00 bits per heavy atom. The molecule has 1 saturated heterocycles. The molecule has 1 saturated carbocycles.